The number of hydrogen-bond donors (Lipinski definition) is 1. The Morgan fingerprint density at radius 3 is 2.89 bits per heavy atom. The van der Waals surface area contributed by atoms with Crippen molar-refractivity contribution in [2.24, 2.45) is 0 Å². The normalized spacial score (nSPS) is 21.5. The Morgan fingerprint density at radius 2 is 2.21 bits per heavy atom. The molecule has 1 aromatic heterocycles. The van der Waals surface area contributed by atoms with Crippen molar-refractivity contribution < 1.29 is 13.5 Å². The fourth-order valence-electron chi connectivity index (χ4n) is 2.40. The van der Waals surface area contributed by atoms with Crippen molar-refractivity contribution >= 4 is 26.0 Å². The molecule has 5 nitrogen and oxygen atoms in total. The molecule has 0 spiro atoms. The highest BCUT2D eigenvalue weighted by Gasteiger charge is 2.33. The molecule has 1 aliphatic rings. The van der Waals surface area contributed by atoms with Crippen LogP contribution in [0.5, 0.6) is 0 Å². The molecule has 0 saturated carbocycles. The van der Waals surface area contributed by atoms with E-state index in [1.807, 2.05) is 0 Å². The fourth-order valence-corrected chi connectivity index (χ4v) is 4.63. The summed E-state index contributed by atoms with van der Waals surface area (Å²) in [6, 6.07) is 1.45. The van der Waals surface area contributed by atoms with Gasteiger partial charge in [0.2, 0.25) is 10.0 Å². The lowest BCUT2D eigenvalue weighted by Gasteiger charge is -2.34. The van der Waals surface area contributed by atoms with Crippen molar-refractivity contribution in [1.82, 2.24) is 9.29 Å². The average Bonchev–Trinajstić information content (AvgIpc) is 2.39. The molecule has 1 aliphatic heterocycles. The molecule has 0 bridgehead atoms. The van der Waals surface area contributed by atoms with E-state index in [-0.39, 0.29) is 17.5 Å². The van der Waals surface area contributed by atoms with Crippen LogP contribution in [-0.2, 0) is 10.0 Å². The highest BCUT2D eigenvalue weighted by molar-refractivity contribution is 9.10. The predicted molar refractivity (Wildman–Crippen MR) is 75.2 cm³/mol. The smallest absolute Gasteiger partial charge is 0.244 e. The lowest BCUT2D eigenvalue weighted by molar-refractivity contribution is 0.192. The third-order valence-corrected chi connectivity index (χ3v) is 5.67. The van der Waals surface area contributed by atoms with Gasteiger partial charge >= 0.3 is 0 Å². The number of aliphatic hydroxyl groups excluding tert-OH is 1. The number of pyridine rings is 1. The Morgan fingerprint density at radius 1 is 1.42 bits per heavy atom. The third kappa shape index (κ3) is 3.34. The summed E-state index contributed by atoms with van der Waals surface area (Å²) in [6.45, 7) is 0.521. The zero-order valence-electron chi connectivity index (χ0n) is 10.5. The number of aliphatic hydroxyl groups is 1. The van der Waals surface area contributed by atoms with Crippen molar-refractivity contribution in [1.29, 1.82) is 0 Å². The maximum Gasteiger partial charge on any atom is 0.244 e. The highest BCUT2D eigenvalue weighted by Crippen LogP contribution is 2.27. The monoisotopic (exact) mass is 348 g/mol. The summed E-state index contributed by atoms with van der Waals surface area (Å²) in [5.41, 5.74) is 0. The summed E-state index contributed by atoms with van der Waals surface area (Å²) in [7, 11) is -3.53. The minimum atomic E-state index is -3.53. The fraction of sp³-hybridized carbons (Fsp3) is 0.583. The summed E-state index contributed by atoms with van der Waals surface area (Å²) < 4.78 is 27.4. The van der Waals surface area contributed by atoms with Crippen LogP contribution in [0, 0.1) is 0 Å². The van der Waals surface area contributed by atoms with E-state index in [0.717, 1.165) is 19.3 Å². The SMILES string of the molecule is O=S(=O)(c1cncc(Br)c1)N1CCCCC1CCO. The van der Waals surface area contributed by atoms with E-state index in [2.05, 4.69) is 20.9 Å². The molecule has 1 saturated heterocycles. The van der Waals surface area contributed by atoms with Crippen LogP contribution in [-0.4, -0.2) is 42.0 Å². The van der Waals surface area contributed by atoms with Crippen LogP contribution in [0.1, 0.15) is 25.7 Å². The molecular weight excluding hydrogens is 332 g/mol. The standard InChI is InChI=1S/C12H17BrN2O3S/c13-10-7-12(9-14-8-10)19(17,18)15-5-2-1-3-11(15)4-6-16/h7-9,11,16H,1-6H2. The van der Waals surface area contributed by atoms with Crippen LogP contribution >= 0.6 is 15.9 Å². The van der Waals surface area contributed by atoms with Gasteiger partial charge in [-0.05, 0) is 41.3 Å². The number of halogens is 1. The van der Waals surface area contributed by atoms with Gasteiger partial charge in [-0.15, -0.1) is 0 Å². The predicted octanol–water partition coefficient (Wildman–Crippen LogP) is 1.77. The number of hydrogen-bond acceptors (Lipinski definition) is 4. The Bertz CT molecular complexity index is 534. The van der Waals surface area contributed by atoms with Crippen LogP contribution in [0.25, 0.3) is 0 Å². The second-order valence-corrected chi connectivity index (χ2v) is 7.42. The van der Waals surface area contributed by atoms with Crippen molar-refractivity contribution in [2.45, 2.75) is 36.6 Å². The van der Waals surface area contributed by atoms with Crippen LogP contribution < -0.4 is 0 Å². The Kier molecular flexibility index (Phi) is 4.94. The first-order chi connectivity index (χ1) is 9.05. The van der Waals surface area contributed by atoms with E-state index in [9.17, 15) is 8.42 Å². The molecule has 1 fully saturated rings. The molecule has 1 unspecified atom stereocenters. The van der Waals surface area contributed by atoms with Gasteiger partial charge in [0.15, 0.2) is 0 Å². The van der Waals surface area contributed by atoms with Gasteiger partial charge in [-0.1, -0.05) is 6.42 Å². The van der Waals surface area contributed by atoms with Crippen molar-refractivity contribution in [3.05, 3.63) is 22.9 Å². The first-order valence-electron chi connectivity index (χ1n) is 6.29. The summed E-state index contributed by atoms with van der Waals surface area (Å²) in [5.74, 6) is 0. The van der Waals surface area contributed by atoms with Crippen LogP contribution in [0.4, 0.5) is 0 Å². The molecule has 19 heavy (non-hydrogen) atoms. The van der Waals surface area contributed by atoms with E-state index in [0.29, 0.717) is 17.4 Å². The minimum Gasteiger partial charge on any atom is -0.396 e. The Balaban J connectivity index is 2.31. The topological polar surface area (TPSA) is 70.5 Å². The molecule has 1 atom stereocenters. The molecule has 1 aromatic rings. The quantitative estimate of drug-likeness (QED) is 0.899. The van der Waals surface area contributed by atoms with Crippen LogP contribution in [0.3, 0.4) is 0 Å². The molecule has 0 amide bonds. The van der Waals surface area contributed by atoms with E-state index >= 15 is 0 Å². The first-order valence-corrected chi connectivity index (χ1v) is 8.52. The summed E-state index contributed by atoms with van der Waals surface area (Å²) in [6.07, 6.45) is 6.09. The van der Waals surface area contributed by atoms with Gasteiger partial charge in [0.25, 0.3) is 0 Å². The Hall–Kier alpha value is -0.500. The van der Waals surface area contributed by atoms with Gasteiger partial charge in [0.05, 0.1) is 0 Å². The number of aromatic nitrogens is 1. The molecular formula is C12H17BrN2O3S. The van der Waals surface area contributed by atoms with Crippen LogP contribution in [0.15, 0.2) is 27.8 Å². The molecule has 2 heterocycles. The largest absolute Gasteiger partial charge is 0.396 e. The number of rotatable bonds is 4. The van der Waals surface area contributed by atoms with E-state index in [4.69, 9.17) is 5.11 Å². The van der Waals surface area contributed by atoms with E-state index in [1.165, 1.54) is 10.5 Å². The number of nitrogens with zero attached hydrogens (tertiary/aromatic N) is 2. The molecule has 0 radical (unpaired) electrons. The average molecular weight is 349 g/mol. The lowest BCUT2D eigenvalue weighted by atomic mass is 10.0. The lowest BCUT2D eigenvalue weighted by Crippen LogP contribution is -2.44. The summed E-state index contributed by atoms with van der Waals surface area (Å²) in [4.78, 5) is 4.11. The van der Waals surface area contributed by atoms with Crippen LogP contribution in [0.2, 0.25) is 0 Å². The Labute approximate surface area is 121 Å². The maximum atomic E-state index is 12.6. The van der Waals surface area contributed by atoms with Crippen molar-refractivity contribution in [3.8, 4) is 0 Å². The third-order valence-electron chi connectivity index (χ3n) is 3.32. The maximum absolute atomic E-state index is 12.6. The van der Waals surface area contributed by atoms with Crippen molar-refractivity contribution in [2.75, 3.05) is 13.2 Å². The van der Waals surface area contributed by atoms with Crippen molar-refractivity contribution in [3.63, 3.8) is 0 Å². The molecule has 1 N–H and O–H groups in total. The molecule has 0 aromatic carbocycles. The second kappa shape index (κ2) is 6.30. The molecule has 106 valence electrons. The van der Waals surface area contributed by atoms with Gasteiger partial charge in [-0.3, -0.25) is 4.98 Å². The van der Waals surface area contributed by atoms with Gasteiger partial charge < -0.3 is 5.11 Å². The van der Waals surface area contributed by atoms with E-state index < -0.39 is 10.0 Å². The number of piperidine rings is 1. The highest BCUT2D eigenvalue weighted by atomic mass is 79.9. The van der Waals surface area contributed by atoms with Gasteiger partial charge in [-0.25, -0.2) is 8.42 Å². The molecule has 2 rings (SSSR count). The zero-order chi connectivity index (χ0) is 13.9. The molecule has 0 aliphatic carbocycles. The van der Waals surface area contributed by atoms with Gasteiger partial charge in [-0.2, -0.15) is 4.31 Å². The molecule has 7 heteroatoms. The van der Waals surface area contributed by atoms with Gasteiger partial charge in [0, 0.05) is 36.1 Å². The summed E-state index contributed by atoms with van der Waals surface area (Å²) in [5, 5.41) is 9.08. The number of sulfonamides is 1. The second-order valence-electron chi connectivity index (χ2n) is 4.62. The van der Waals surface area contributed by atoms with Gasteiger partial charge in [0.1, 0.15) is 4.90 Å². The van der Waals surface area contributed by atoms with E-state index in [1.54, 1.807) is 12.3 Å². The summed E-state index contributed by atoms with van der Waals surface area (Å²) >= 11 is 3.24. The zero-order valence-corrected chi connectivity index (χ0v) is 12.9. The first kappa shape index (κ1) is 14.9. The minimum absolute atomic E-state index is 0.00736.